The molecule has 3 heterocycles. The van der Waals surface area contributed by atoms with Gasteiger partial charge in [-0.05, 0) is 6.42 Å². The van der Waals surface area contributed by atoms with Crippen molar-refractivity contribution in [2.75, 3.05) is 26.8 Å². The zero-order valence-corrected chi connectivity index (χ0v) is 13.5. The van der Waals surface area contributed by atoms with Crippen LogP contribution in [0.5, 0.6) is 0 Å². The number of aromatic nitrogens is 2. The summed E-state index contributed by atoms with van der Waals surface area (Å²) < 4.78 is 33.5. The first-order valence-corrected chi connectivity index (χ1v) is 8.67. The molecule has 0 aromatic carbocycles. The van der Waals surface area contributed by atoms with Gasteiger partial charge in [-0.25, -0.2) is 13.4 Å². The van der Waals surface area contributed by atoms with Crippen molar-refractivity contribution < 1.29 is 17.9 Å². The normalized spacial score (nSPS) is 25.9. The van der Waals surface area contributed by atoms with Gasteiger partial charge in [0.15, 0.2) is 5.03 Å². The number of likely N-dealkylation sites (tertiary alicyclic amines) is 1. The minimum atomic E-state index is -3.65. The number of amides is 1. The molecule has 2 aliphatic heterocycles. The molecule has 0 bridgehead atoms. The van der Waals surface area contributed by atoms with Crippen LogP contribution < -0.4 is 0 Å². The summed E-state index contributed by atoms with van der Waals surface area (Å²) in [6, 6.07) is -0.350. The van der Waals surface area contributed by atoms with Crippen LogP contribution in [-0.4, -0.2) is 72.0 Å². The second-order valence-electron chi connectivity index (χ2n) is 5.70. The topological polar surface area (TPSA) is 84.7 Å². The third-order valence-corrected chi connectivity index (χ3v) is 6.16. The van der Waals surface area contributed by atoms with E-state index in [1.165, 1.54) is 16.8 Å². The number of carbonyl (C=O) groups excluding carboxylic acids is 1. The lowest BCUT2D eigenvalue weighted by atomic mass is 10.1. The van der Waals surface area contributed by atoms with Crippen molar-refractivity contribution in [1.29, 1.82) is 0 Å². The highest BCUT2D eigenvalue weighted by atomic mass is 32.2. The van der Waals surface area contributed by atoms with E-state index in [0.717, 1.165) is 0 Å². The Morgan fingerprint density at radius 3 is 2.82 bits per heavy atom. The summed E-state index contributed by atoms with van der Waals surface area (Å²) in [4.78, 5) is 17.8. The van der Waals surface area contributed by atoms with Gasteiger partial charge >= 0.3 is 0 Å². The summed E-state index contributed by atoms with van der Waals surface area (Å²) in [6.07, 6.45) is 3.85. The van der Waals surface area contributed by atoms with Crippen LogP contribution in [0.4, 0.5) is 0 Å². The van der Waals surface area contributed by atoms with E-state index in [-0.39, 0.29) is 29.4 Å². The molecule has 0 N–H and O–H groups in total. The molecule has 22 heavy (non-hydrogen) atoms. The Balaban J connectivity index is 1.82. The second kappa shape index (κ2) is 5.64. The molecule has 2 atom stereocenters. The van der Waals surface area contributed by atoms with Gasteiger partial charge in [-0.15, -0.1) is 0 Å². The number of hydrogen-bond donors (Lipinski definition) is 0. The molecule has 0 aliphatic carbocycles. The molecule has 1 amide bonds. The first kappa shape index (κ1) is 15.4. The number of methoxy groups -OCH3 is 1. The Hall–Kier alpha value is -1.45. The fourth-order valence-electron chi connectivity index (χ4n) is 3.31. The Labute approximate surface area is 129 Å². The Kier molecular flexibility index (Phi) is 3.96. The van der Waals surface area contributed by atoms with E-state index in [1.54, 1.807) is 23.6 Å². The standard InChI is InChI=1S/C13H20N4O4S/c1-15-8-12(14-9-15)22(19,20)17-4-3-10-11(17)7-13(18)16(10)5-6-21-2/h8-11H,3-7H2,1-2H3. The summed E-state index contributed by atoms with van der Waals surface area (Å²) in [5.74, 6) is -0.00651. The number of hydrogen-bond acceptors (Lipinski definition) is 5. The molecule has 122 valence electrons. The second-order valence-corrected chi connectivity index (χ2v) is 7.54. The van der Waals surface area contributed by atoms with Gasteiger partial charge in [0.05, 0.1) is 25.0 Å². The molecule has 8 nitrogen and oxygen atoms in total. The van der Waals surface area contributed by atoms with Crippen LogP contribution in [0, 0.1) is 0 Å². The molecule has 1 aromatic heterocycles. The van der Waals surface area contributed by atoms with Crippen molar-refractivity contribution in [2.24, 2.45) is 7.05 Å². The van der Waals surface area contributed by atoms with Gasteiger partial charge in [-0.2, -0.15) is 4.31 Å². The zero-order valence-electron chi connectivity index (χ0n) is 12.7. The van der Waals surface area contributed by atoms with Crippen molar-refractivity contribution in [1.82, 2.24) is 18.8 Å². The van der Waals surface area contributed by atoms with Crippen LogP contribution in [0.25, 0.3) is 0 Å². The van der Waals surface area contributed by atoms with Crippen LogP contribution >= 0.6 is 0 Å². The number of carbonyl (C=O) groups is 1. The van der Waals surface area contributed by atoms with E-state index in [1.807, 2.05) is 0 Å². The first-order valence-electron chi connectivity index (χ1n) is 7.23. The van der Waals surface area contributed by atoms with Crippen molar-refractivity contribution in [3.8, 4) is 0 Å². The van der Waals surface area contributed by atoms with Crippen LogP contribution in [0.15, 0.2) is 17.6 Å². The molecular weight excluding hydrogens is 308 g/mol. The predicted molar refractivity (Wildman–Crippen MR) is 77.5 cm³/mol. The average molecular weight is 328 g/mol. The average Bonchev–Trinajstić information content (AvgIpc) is 3.12. The van der Waals surface area contributed by atoms with Crippen LogP contribution in [-0.2, 0) is 26.6 Å². The lowest BCUT2D eigenvalue weighted by molar-refractivity contribution is -0.129. The number of imidazole rings is 1. The number of sulfonamides is 1. The number of aryl methyl sites for hydroxylation is 1. The summed E-state index contributed by atoms with van der Waals surface area (Å²) in [7, 11) is -0.334. The number of rotatable bonds is 5. The van der Waals surface area contributed by atoms with E-state index in [0.29, 0.717) is 26.1 Å². The molecule has 3 rings (SSSR count). The lowest BCUT2D eigenvalue weighted by Gasteiger charge is -2.24. The van der Waals surface area contributed by atoms with Crippen molar-refractivity contribution in [3.63, 3.8) is 0 Å². The molecule has 0 spiro atoms. The van der Waals surface area contributed by atoms with E-state index >= 15 is 0 Å². The number of ether oxygens (including phenoxy) is 1. The largest absolute Gasteiger partial charge is 0.383 e. The Bertz CT molecular complexity index is 671. The van der Waals surface area contributed by atoms with Crippen LogP contribution in [0.3, 0.4) is 0 Å². The van der Waals surface area contributed by atoms with Crippen molar-refractivity contribution in [3.05, 3.63) is 12.5 Å². The van der Waals surface area contributed by atoms with Crippen molar-refractivity contribution >= 4 is 15.9 Å². The molecule has 1 aromatic rings. The summed E-state index contributed by atoms with van der Waals surface area (Å²) in [6.45, 7) is 1.39. The summed E-state index contributed by atoms with van der Waals surface area (Å²) >= 11 is 0. The maximum Gasteiger partial charge on any atom is 0.262 e. The number of nitrogens with zero attached hydrogens (tertiary/aromatic N) is 4. The molecule has 0 radical (unpaired) electrons. The van der Waals surface area contributed by atoms with Gasteiger partial charge in [0.25, 0.3) is 10.0 Å². The predicted octanol–water partition coefficient (Wildman–Crippen LogP) is -0.570. The third kappa shape index (κ3) is 2.42. The quantitative estimate of drug-likeness (QED) is 0.723. The first-order chi connectivity index (χ1) is 10.4. The van der Waals surface area contributed by atoms with E-state index < -0.39 is 10.0 Å². The van der Waals surface area contributed by atoms with Gasteiger partial charge < -0.3 is 14.2 Å². The van der Waals surface area contributed by atoms with Gasteiger partial charge in [0, 0.05) is 39.9 Å². The molecule has 2 fully saturated rings. The van der Waals surface area contributed by atoms with Gasteiger partial charge in [-0.1, -0.05) is 0 Å². The zero-order chi connectivity index (χ0) is 15.9. The fraction of sp³-hybridized carbons (Fsp3) is 0.692. The highest BCUT2D eigenvalue weighted by molar-refractivity contribution is 7.89. The highest BCUT2D eigenvalue weighted by Gasteiger charge is 2.50. The van der Waals surface area contributed by atoms with E-state index in [2.05, 4.69) is 4.98 Å². The SMILES string of the molecule is COCCN1C(=O)CC2C1CCN2S(=O)(=O)c1cn(C)cn1. The van der Waals surface area contributed by atoms with Gasteiger partial charge in [-0.3, -0.25) is 4.79 Å². The Morgan fingerprint density at radius 2 is 2.18 bits per heavy atom. The molecule has 2 aliphatic rings. The lowest BCUT2D eigenvalue weighted by Crippen LogP contribution is -2.40. The molecule has 2 unspecified atom stereocenters. The number of fused-ring (bicyclic) bond motifs is 1. The van der Waals surface area contributed by atoms with Gasteiger partial charge in [0.1, 0.15) is 0 Å². The van der Waals surface area contributed by atoms with Crippen LogP contribution in [0.2, 0.25) is 0 Å². The van der Waals surface area contributed by atoms with Crippen molar-refractivity contribution in [2.45, 2.75) is 30.0 Å². The van der Waals surface area contributed by atoms with E-state index in [9.17, 15) is 13.2 Å². The smallest absolute Gasteiger partial charge is 0.262 e. The maximum absolute atomic E-state index is 12.7. The molecule has 0 saturated carbocycles. The minimum Gasteiger partial charge on any atom is -0.383 e. The molecule has 2 saturated heterocycles. The molecule has 9 heteroatoms. The summed E-state index contributed by atoms with van der Waals surface area (Å²) in [5.41, 5.74) is 0. The Morgan fingerprint density at radius 1 is 1.41 bits per heavy atom. The third-order valence-electron chi connectivity index (χ3n) is 4.35. The highest BCUT2D eigenvalue weighted by Crippen LogP contribution is 2.35. The molecular formula is C13H20N4O4S. The van der Waals surface area contributed by atoms with E-state index in [4.69, 9.17) is 4.74 Å². The van der Waals surface area contributed by atoms with Crippen LogP contribution in [0.1, 0.15) is 12.8 Å². The maximum atomic E-state index is 12.7. The van der Waals surface area contributed by atoms with Gasteiger partial charge in [0.2, 0.25) is 5.91 Å². The monoisotopic (exact) mass is 328 g/mol. The minimum absolute atomic E-state index is 0.00651. The fourth-order valence-corrected chi connectivity index (χ4v) is 4.95. The summed E-state index contributed by atoms with van der Waals surface area (Å²) in [5, 5.41) is 0.0402.